The minimum Gasteiger partial charge on any atom is -0.307 e. The molecule has 0 spiro atoms. The molecule has 0 bridgehead atoms. The van der Waals surface area contributed by atoms with Gasteiger partial charge in [-0.1, -0.05) is 12.5 Å². The van der Waals surface area contributed by atoms with Crippen molar-refractivity contribution >= 4 is 0 Å². The molecule has 2 aromatic rings. The maximum Gasteiger partial charge on any atom is 0.347 e. The number of nitrogens with one attached hydrogen (secondary N) is 2. The van der Waals surface area contributed by atoms with Crippen molar-refractivity contribution in [2.45, 2.75) is 25.3 Å². The summed E-state index contributed by atoms with van der Waals surface area (Å²) in [5.41, 5.74) is 0.161. The average Bonchev–Trinajstić information content (AvgIpc) is 2.82. The number of piperidine rings is 1. The molecule has 1 unspecified atom stereocenters. The number of hydrogen-bond acceptors (Lipinski definition) is 3. The smallest absolute Gasteiger partial charge is 0.307 e. The molecular formula is C13H15FN4O. The summed E-state index contributed by atoms with van der Waals surface area (Å²) < 4.78 is 14.7. The molecule has 0 aliphatic carbocycles. The molecule has 0 saturated carbocycles. The normalized spacial score (nSPS) is 19.5. The Hall–Kier alpha value is -1.95. The number of aromatic nitrogens is 3. The lowest BCUT2D eigenvalue weighted by Crippen LogP contribution is -2.30. The van der Waals surface area contributed by atoms with Gasteiger partial charge in [0.1, 0.15) is 5.82 Å². The van der Waals surface area contributed by atoms with Gasteiger partial charge in [0, 0.05) is 0 Å². The molecule has 1 fully saturated rings. The largest absolute Gasteiger partial charge is 0.347 e. The Morgan fingerprint density at radius 3 is 3.00 bits per heavy atom. The molecule has 2 N–H and O–H groups in total. The van der Waals surface area contributed by atoms with E-state index in [0.29, 0.717) is 11.5 Å². The molecule has 1 atom stereocenters. The molecule has 100 valence electrons. The molecule has 19 heavy (non-hydrogen) atoms. The minimum absolute atomic E-state index is 0.0379. The highest BCUT2D eigenvalue weighted by Gasteiger charge is 2.22. The van der Waals surface area contributed by atoms with Crippen molar-refractivity contribution in [3.05, 3.63) is 46.4 Å². The highest BCUT2D eigenvalue weighted by Crippen LogP contribution is 2.22. The number of nitrogens with zero attached hydrogens (tertiary/aromatic N) is 2. The van der Waals surface area contributed by atoms with Gasteiger partial charge in [0.15, 0.2) is 5.82 Å². The van der Waals surface area contributed by atoms with Gasteiger partial charge in [0.25, 0.3) is 0 Å². The molecule has 1 saturated heterocycles. The van der Waals surface area contributed by atoms with Crippen molar-refractivity contribution < 1.29 is 4.39 Å². The third-order valence-corrected chi connectivity index (χ3v) is 3.39. The second kappa shape index (κ2) is 4.97. The molecule has 2 heterocycles. The summed E-state index contributed by atoms with van der Waals surface area (Å²) >= 11 is 0. The third-order valence-electron chi connectivity index (χ3n) is 3.39. The van der Waals surface area contributed by atoms with Crippen LogP contribution in [0, 0.1) is 5.82 Å². The van der Waals surface area contributed by atoms with Gasteiger partial charge in [-0.3, -0.25) is 0 Å². The van der Waals surface area contributed by atoms with Crippen molar-refractivity contribution in [3.8, 4) is 5.69 Å². The molecule has 0 radical (unpaired) electrons. The van der Waals surface area contributed by atoms with Crippen molar-refractivity contribution in [3.63, 3.8) is 0 Å². The van der Waals surface area contributed by atoms with E-state index in [2.05, 4.69) is 15.5 Å². The number of H-pyrrole nitrogens is 1. The quantitative estimate of drug-likeness (QED) is 0.862. The molecular weight excluding hydrogens is 247 g/mol. The molecule has 5 nitrogen and oxygen atoms in total. The van der Waals surface area contributed by atoms with Gasteiger partial charge in [0.2, 0.25) is 0 Å². The van der Waals surface area contributed by atoms with Crippen molar-refractivity contribution in [2.75, 3.05) is 6.54 Å². The maximum atomic E-state index is 13.3. The number of aromatic amines is 1. The Kier molecular flexibility index (Phi) is 3.16. The fourth-order valence-corrected chi connectivity index (χ4v) is 2.48. The standard InChI is InChI=1S/C13H15FN4O/c14-9-4-3-5-10(8-9)18-12(16-17-13(18)19)11-6-1-2-7-15-11/h3-5,8,11,15H,1-2,6-7H2,(H,17,19). The van der Waals surface area contributed by atoms with Gasteiger partial charge in [-0.05, 0) is 37.6 Å². The van der Waals surface area contributed by atoms with Crippen molar-refractivity contribution in [2.24, 2.45) is 0 Å². The van der Waals surface area contributed by atoms with Crippen LogP contribution in [0.25, 0.3) is 5.69 Å². The Labute approximate surface area is 109 Å². The van der Waals surface area contributed by atoms with E-state index in [1.54, 1.807) is 12.1 Å². The number of halogens is 1. The Morgan fingerprint density at radius 2 is 2.26 bits per heavy atom. The number of benzene rings is 1. The lowest BCUT2D eigenvalue weighted by atomic mass is 10.0. The van der Waals surface area contributed by atoms with Gasteiger partial charge in [-0.25, -0.2) is 18.9 Å². The highest BCUT2D eigenvalue weighted by molar-refractivity contribution is 5.33. The van der Waals surface area contributed by atoms with E-state index in [-0.39, 0.29) is 17.5 Å². The van der Waals surface area contributed by atoms with Crippen LogP contribution in [0.1, 0.15) is 31.1 Å². The zero-order chi connectivity index (χ0) is 13.2. The predicted molar refractivity (Wildman–Crippen MR) is 68.7 cm³/mol. The Morgan fingerprint density at radius 1 is 1.37 bits per heavy atom. The second-order valence-corrected chi connectivity index (χ2v) is 4.70. The van der Waals surface area contributed by atoms with Crippen molar-refractivity contribution in [1.82, 2.24) is 20.1 Å². The van der Waals surface area contributed by atoms with E-state index >= 15 is 0 Å². The van der Waals surface area contributed by atoms with Crippen LogP contribution in [-0.4, -0.2) is 21.3 Å². The Bertz CT molecular complexity index is 628. The van der Waals surface area contributed by atoms with Gasteiger partial charge in [0.05, 0.1) is 11.7 Å². The van der Waals surface area contributed by atoms with Crippen LogP contribution in [0.2, 0.25) is 0 Å². The maximum absolute atomic E-state index is 13.3. The summed E-state index contributed by atoms with van der Waals surface area (Å²) in [6.07, 6.45) is 3.16. The van der Waals surface area contributed by atoms with Crippen LogP contribution < -0.4 is 11.0 Å². The minimum atomic E-state index is -0.367. The van der Waals surface area contributed by atoms with E-state index in [9.17, 15) is 9.18 Å². The fraction of sp³-hybridized carbons (Fsp3) is 0.385. The summed E-state index contributed by atoms with van der Waals surface area (Å²) in [6, 6.07) is 6.02. The van der Waals surface area contributed by atoms with E-state index in [4.69, 9.17) is 0 Å². The topological polar surface area (TPSA) is 62.7 Å². The SMILES string of the molecule is O=c1[nH]nc(C2CCCCN2)n1-c1cccc(F)c1. The first-order chi connectivity index (χ1) is 9.25. The average molecular weight is 262 g/mol. The van der Waals surface area contributed by atoms with E-state index in [1.165, 1.54) is 16.7 Å². The zero-order valence-corrected chi connectivity index (χ0v) is 10.4. The number of hydrogen-bond donors (Lipinski definition) is 2. The lowest BCUT2D eigenvalue weighted by Gasteiger charge is -2.22. The molecule has 1 aliphatic heterocycles. The Balaban J connectivity index is 2.05. The first-order valence-electron chi connectivity index (χ1n) is 6.42. The van der Waals surface area contributed by atoms with Crippen molar-refractivity contribution in [1.29, 1.82) is 0 Å². The lowest BCUT2D eigenvalue weighted by molar-refractivity contribution is 0.393. The van der Waals surface area contributed by atoms with Crippen LogP contribution in [0.5, 0.6) is 0 Å². The van der Waals surface area contributed by atoms with Crippen LogP contribution >= 0.6 is 0 Å². The first kappa shape index (κ1) is 12.1. The predicted octanol–water partition coefficient (Wildman–Crippen LogP) is 1.51. The summed E-state index contributed by atoms with van der Waals surface area (Å²) in [4.78, 5) is 11.9. The van der Waals surface area contributed by atoms with E-state index in [1.807, 2.05) is 0 Å². The first-order valence-corrected chi connectivity index (χ1v) is 6.42. The van der Waals surface area contributed by atoms with Gasteiger partial charge >= 0.3 is 5.69 Å². The van der Waals surface area contributed by atoms with Crippen LogP contribution in [0.15, 0.2) is 29.1 Å². The van der Waals surface area contributed by atoms with Gasteiger partial charge < -0.3 is 5.32 Å². The molecule has 1 aliphatic rings. The summed E-state index contributed by atoms with van der Waals surface area (Å²) in [5.74, 6) is 0.253. The molecule has 1 aromatic heterocycles. The van der Waals surface area contributed by atoms with Gasteiger partial charge in [-0.2, -0.15) is 5.10 Å². The van der Waals surface area contributed by atoms with Crippen LogP contribution in [0.4, 0.5) is 4.39 Å². The summed E-state index contributed by atoms with van der Waals surface area (Å²) in [5, 5.41) is 9.87. The van der Waals surface area contributed by atoms with E-state index in [0.717, 1.165) is 25.8 Å². The fourth-order valence-electron chi connectivity index (χ4n) is 2.48. The number of rotatable bonds is 2. The highest BCUT2D eigenvalue weighted by atomic mass is 19.1. The summed E-state index contributed by atoms with van der Waals surface area (Å²) in [7, 11) is 0. The van der Waals surface area contributed by atoms with Crippen LogP contribution in [0.3, 0.4) is 0 Å². The van der Waals surface area contributed by atoms with E-state index < -0.39 is 0 Å². The zero-order valence-electron chi connectivity index (χ0n) is 10.4. The summed E-state index contributed by atoms with van der Waals surface area (Å²) in [6.45, 7) is 0.912. The molecule has 6 heteroatoms. The molecule has 0 amide bonds. The van der Waals surface area contributed by atoms with Gasteiger partial charge in [-0.15, -0.1) is 0 Å². The second-order valence-electron chi connectivity index (χ2n) is 4.70. The monoisotopic (exact) mass is 262 g/mol. The third kappa shape index (κ3) is 2.31. The molecule has 3 rings (SSSR count). The van der Waals surface area contributed by atoms with Crippen LogP contribution in [-0.2, 0) is 0 Å². The molecule has 1 aromatic carbocycles.